The Kier molecular flexibility index (Phi) is 5.69. The number of halogens is 2. The summed E-state index contributed by atoms with van der Waals surface area (Å²) < 4.78 is 18.1. The number of aliphatic hydroxyl groups is 1. The standard InChI is InChI=1S/C11H15ClFNO2/c1-16-5-4-14-11(7-15)8-2-3-9(12)10(13)6-8/h2-3,6,11,14-15H,4-5,7H2,1H3. The van der Waals surface area contributed by atoms with Gasteiger partial charge in [0.2, 0.25) is 0 Å². The molecular weight excluding hydrogens is 233 g/mol. The molecule has 1 atom stereocenters. The molecular formula is C11H15ClFNO2. The van der Waals surface area contributed by atoms with Gasteiger partial charge < -0.3 is 15.2 Å². The lowest BCUT2D eigenvalue weighted by atomic mass is 10.1. The Bertz CT molecular complexity index is 336. The molecule has 0 aliphatic carbocycles. The fourth-order valence-electron chi connectivity index (χ4n) is 1.35. The molecule has 16 heavy (non-hydrogen) atoms. The number of hydrogen-bond donors (Lipinski definition) is 2. The Labute approximate surface area is 99.2 Å². The topological polar surface area (TPSA) is 41.5 Å². The number of methoxy groups -OCH3 is 1. The first kappa shape index (κ1) is 13.4. The molecule has 1 unspecified atom stereocenters. The lowest BCUT2D eigenvalue weighted by Gasteiger charge is -2.16. The van der Waals surface area contributed by atoms with Crippen LogP contribution in [0.4, 0.5) is 4.39 Å². The lowest BCUT2D eigenvalue weighted by molar-refractivity contribution is 0.184. The molecule has 0 spiro atoms. The molecule has 0 aromatic heterocycles. The Morgan fingerprint density at radius 2 is 2.31 bits per heavy atom. The third-order valence-corrected chi connectivity index (χ3v) is 2.53. The quantitative estimate of drug-likeness (QED) is 0.753. The van der Waals surface area contributed by atoms with Crippen molar-refractivity contribution in [3.63, 3.8) is 0 Å². The number of benzene rings is 1. The van der Waals surface area contributed by atoms with Crippen LogP contribution < -0.4 is 5.32 Å². The Morgan fingerprint density at radius 3 is 2.88 bits per heavy atom. The van der Waals surface area contributed by atoms with Crippen molar-refractivity contribution < 1.29 is 14.2 Å². The van der Waals surface area contributed by atoms with Crippen molar-refractivity contribution in [2.24, 2.45) is 0 Å². The van der Waals surface area contributed by atoms with Gasteiger partial charge in [0.25, 0.3) is 0 Å². The minimum absolute atomic E-state index is 0.0809. The van der Waals surface area contributed by atoms with Crippen molar-refractivity contribution in [2.75, 3.05) is 26.9 Å². The van der Waals surface area contributed by atoms with Crippen molar-refractivity contribution in [1.82, 2.24) is 5.32 Å². The van der Waals surface area contributed by atoms with Crippen molar-refractivity contribution in [3.8, 4) is 0 Å². The summed E-state index contributed by atoms with van der Waals surface area (Å²) in [5.41, 5.74) is 0.667. The van der Waals surface area contributed by atoms with Crippen LogP contribution in [-0.2, 0) is 4.74 Å². The molecule has 0 bridgehead atoms. The highest BCUT2D eigenvalue weighted by Crippen LogP contribution is 2.19. The number of aliphatic hydroxyl groups excluding tert-OH is 1. The SMILES string of the molecule is COCCNC(CO)c1ccc(Cl)c(F)c1. The summed E-state index contributed by atoms with van der Waals surface area (Å²) in [5, 5.41) is 12.3. The molecule has 0 saturated heterocycles. The summed E-state index contributed by atoms with van der Waals surface area (Å²) in [5.74, 6) is -0.480. The van der Waals surface area contributed by atoms with Crippen LogP contribution in [0.2, 0.25) is 5.02 Å². The van der Waals surface area contributed by atoms with E-state index in [0.717, 1.165) is 0 Å². The van der Waals surface area contributed by atoms with E-state index in [0.29, 0.717) is 18.7 Å². The number of nitrogens with one attached hydrogen (secondary N) is 1. The second-order valence-corrected chi connectivity index (χ2v) is 3.76. The average molecular weight is 248 g/mol. The predicted octanol–water partition coefficient (Wildman–Crippen LogP) is 1.75. The van der Waals surface area contributed by atoms with Gasteiger partial charge in [-0.3, -0.25) is 0 Å². The van der Waals surface area contributed by atoms with Crippen LogP contribution in [0, 0.1) is 5.82 Å². The second kappa shape index (κ2) is 6.81. The van der Waals surface area contributed by atoms with Crippen LogP contribution in [-0.4, -0.2) is 32.0 Å². The van der Waals surface area contributed by atoms with Gasteiger partial charge >= 0.3 is 0 Å². The highest BCUT2D eigenvalue weighted by molar-refractivity contribution is 6.30. The van der Waals surface area contributed by atoms with E-state index in [9.17, 15) is 9.50 Å². The van der Waals surface area contributed by atoms with Crippen LogP contribution in [0.5, 0.6) is 0 Å². The van der Waals surface area contributed by atoms with Gasteiger partial charge in [0, 0.05) is 13.7 Å². The van der Waals surface area contributed by atoms with Crippen LogP contribution in [0.3, 0.4) is 0 Å². The Balaban J connectivity index is 2.67. The minimum Gasteiger partial charge on any atom is -0.394 e. The van der Waals surface area contributed by atoms with Gasteiger partial charge in [-0.25, -0.2) is 4.39 Å². The summed E-state index contributed by atoms with van der Waals surface area (Å²) in [6, 6.07) is 4.18. The predicted molar refractivity (Wildman–Crippen MR) is 61.1 cm³/mol. The van der Waals surface area contributed by atoms with Crippen molar-refractivity contribution in [1.29, 1.82) is 0 Å². The Hall–Kier alpha value is -0.680. The molecule has 0 aliphatic heterocycles. The van der Waals surface area contributed by atoms with Crippen LogP contribution in [0.25, 0.3) is 0 Å². The van der Waals surface area contributed by atoms with Crippen LogP contribution in [0.15, 0.2) is 18.2 Å². The maximum atomic E-state index is 13.2. The molecule has 0 fully saturated rings. The van der Waals surface area contributed by atoms with E-state index in [1.54, 1.807) is 13.2 Å². The first-order valence-corrected chi connectivity index (χ1v) is 5.35. The van der Waals surface area contributed by atoms with E-state index < -0.39 is 5.82 Å². The van der Waals surface area contributed by atoms with Gasteiger partial charge in [0.15, 0.2) is 0 Å². The Morgan fingerprint density at radius 1 is 1.56 bits per heavy atom. The molecule has 5 heteroatoms. The number of ether oxygens (including phenoxy) is 1. The van der Waals surface area contributed by atoms with Gasteiger partial charge in [-0.15, -0.1) is 0 Å². The van der Waals surface area contributed by atoms with Gasteiger partial charge in [0.05, 0.1) is 24.3 Å². The molecule has 0 radical (unpaired) electrons. The fraction of sp³-hybridized carbons (Fsp3) is 0.455. The third kappa shape index (κ3) is 3.72. The van der Waals surface area contributed by atoms with Crippen molar-refractivity contribution >= 4 is 11.6 Å². The molecule has 0 saturated carbocycles. The molecule has 3 nitrogen and oxygen atoms in total. The highest BCUT2D eigenvalue weighted by atomic mass is 35.5. The molecule has 0 heterocycles. The molecule has 1 rings (SSSR count). The zero-order chi connectivity index (χ0) is 12.0. The van der Waals surface area contributed by atoms with E-state index in [1.165, 1.54) is 12.1 Å². The highest BCUT2D eigenvalue weighted by Gasteiger charge is 2.11. The van der Waals surface area contributed by atoms with E-state index in [4.69, 9.17) is 16.3 Å². The second-order valence-electron chi connectivity index (χ2n) is 3.36. The van der Waals surface area contributed by atoms with Crippen molar-refractivity contribution in [2.45, 2.75) is 6.04 Å². The third-order valence-electron chi connectivity index (χ3n) is 2.23. The van der Waals surface area contributed by atoms with Crippen molar-refractivity contribution in [3.05, 3.63) is 34.6 Å². The molecule has 1 aromatic rings. The van der Waals surface area contributed by atoms with E-state index in [1.807, 2.05) is 0 Å². The van der Waals surface area contributed by atoms with Gasteiger partial charge in [-0.05, 0) is 17.7 Å². The monoisotopic (exact) mass is 247 g/mol. The van der Waals surface area contributed by atoms with Gasteiger partial charge in [-0.1, -0.05) is 17.7 Å². The summed E-state index contributed by atoms with van der Waals surface area (Å²) in [6.07, 6.45) is 0. The van der Waals surface area contributed by atoms with Crippen LogP contribution >= 0.6 is 11.6 Å². The summed E-state index contributed by atoms with van der Waals surface area (Å²) in [7, 11) is 1.59. The van der Waals surface area contributed by atoms with E-state index in [2.05, 4.69) is 5.32 Å². The fourth-order valence-corrected chi connectivity index (χ4v) is 1.47. The normalized spacial score (nSPS) is 12.8. The maximum absolute atomic E-state index is 13.2. The summed E-state index contributed by atoms with van der Waals surface area (Å²) in [4.78, 5) is 0. The minimum atomic E-state index is -0.480. The van der Waals surface area contributed by atoms with Gasteiger partial charge in [0.1, 0.15) is 5.82 Å². The van der Waals surface area contributed by atoms with E-state index in [-0.39, 0.29) is 17.7 Å². The summed E-state index contributed by atoms with van der Waals surface area (Å²) >= 11 is 5.58. The molecule has 0 amide bonds. The smallest absolute Gasteiger partial charge is 0.142 e. The van der Waals surface area contributed by atoms with Gasteiger partial charge in [-0.2, -0.15) is 0 Å². The largest absolute Gasteiger partial charge is 0.394 e. The molecule has 1 aromatic carbocycles. The van der Waals surface area contributed by atoms with Crippen LogP contribution in [0.1, 0.15) is 11.6 Å². The zero-order valence-electron chi connectivity index (χ0n) is 9.04. The summed E-state index contributed by atoms with van der Waals surface area (Å²) in [6.45, 7) is 1.02. The maximum Gasteiger partial charge on any atom is 0.142 e. The number of hydrogen-bond acceptors (Lipinski definition) is 3. The molecule has 90 valence electrons. The first-order chi connectivity index (χ1) is 7.69. The number of rotatable bonds is 6. The lowest BCUT2D eigenvalue weighted by Crippen LogP contribution is -2.27. The average Bonchev–Trinajstić information content (AvgIpc) is 2.29. The first-order valence-electron chi connectivity index (χ1n) is 4.97. The van der Waals surface area contributed by atoms with E-state index >= 15 is 0 Å². The molecule has 2 N–H and O–H groups in total. The zero-order valence-corrected chi connectivity index (χ0v) is 9.80. The molecule has 0 aliphatic rings.